The molecule has 0 aliphatic heterocycles. The summed E-state index contributed by atoms with van der Waals surface area (Å²) in [7, 11) is 0. The van der Waals surface area contributed by atoms with E-state index in [0.29, 0.717) is 6.04 Å². The summed E-state index contributed by atoms with van der Waals surface area (Å²) >= 11 is 7.43. The normalized spacial score (nSPS) is 17.8. The van der Waals surface area contributed by atoms with Crippen LogP contribution in [0.5, 0.6) is 0 Å². The fraction of sp³-hybridized carbons (Fsp3) is 0.438. The molecule has 0 saturated heterocycles. The second kappa shape index (κ2) is 6.42. The first-order valence-corrected chi connectivity index (χ1v) is 8.57. The minimum Gasteiger partial charge on any atom is -0.309 e. The van der Waals surface area contributed by atoms with Crippen LogP contribution in [0.1, 0.15) is 42.8 Å². The number of fused-ring (bicyclic) bond motifs is 1. The maximum absolute atomic E-state index is 13.6. The Morgan fingerprint density at radius 1 is 1.48 bits per heavy atom. The van der Waals surface area contributed by atoms with Crippen molar-refractivity contribution in [3.63, 3.8) is 0 Å². The van der Waals surface area contributed by atoms with E-state index in [4.69, 9.17) is 16.6 Å². The largest absolute Gasteiger partial charge is 0.309 e. The van der Waals surface area contributed by atoms with Crippen LogP contribution in [0, 0.1) is 5.82 Å². The van der Waals surface area contributed by atoms with E-state index in [1.165, 1.54) is 17.4 Å². The lowest BCUT2D eigenvalue weighted by Gasteiger charge is -2.22. The molecule has 21 heavy (non-hydrogen) atoms. The molecule has 0 amide bonds. The summed E-state index contributed by atoms with van der Waals surface area (Å²) in [6.45, 7) is 3.17. The van der Waals surface area contributed by atoms with Gasteiger partial charge in [0.1, 0.15) is 10.8 Å². The average Bonchev–Trinajstić information content (AvgIpc) is 2.92. The molecule has 5 heteroatoms. The number of aromatic nitrogens is 1. The molecule has 1 N–H and O–H groups in total. The van der Waals surface area contributed by atoms with Gasteiger partial charge in [-0.1, -0.05) is 24.6 Å². The molecule has 1 aliphatic rings. The molecule has 112 valence electrons. The number of thiazole rings is 1. The number of aryl methyl sites for hydroxylation is 1. The Labute approximate surface area is 133 Å². The highest BCUT2D eigenvalue weighted by molar-refractivity contribution is 7.15. The van der Waals surface area contributed by atoms with Gasteiger partial charge >= 0.3 is 0 Å². The van der Waals surface area contributed by atoms with E-state index in [1.54, 1.807) is 17.4 Å². The highest BCUT2D eigenvalue weighted by atomic mass is 35.5. The van der Waals surface area contributed by atoms with Crippen molar-refractivity contribution in [1.82, 2.24) is 10.3 Å². The molecule has 0 radical (unpaired) electrons. The smallest absolute Gasteiger partial charge is 0.142 e. The lowest BCUT2D eigenvalue weighted by atomic mass is 9.97. The van der Waals surface area contributed by atoms with Crippen molar-refractivity contribution in [2.75, 3.05) is 6.54 Å². The van der Waals surface area contributed by atoms with E-state index in [9.17, 15) is 4.39 Å². The van der Waals surface area contributed by atoms with Crippen molar-refractivity contribution in [1.29, 1.82) is 0 Å². The van der Waals surface area contributed by atoms with E-state index < -0.39 is 0 Å². The summed E-state index contributed by atoms with van der Waals surface area (Å²) in [6.07, 6.45) is 4.51. The van der Waals surface area contributed by atoms with Crippen LogP contribution < -0.4 is 5.32 Å². The third-order valence-electron chi connectivity index (χ3n) is 3.76. The van der Waals surface area contributed by atoms with Crippen LogP contribution in [-0.2, 0) is 6.42 Å². The molecule has 1 aromatic heterocycles. The number of hydrogen-bond acceptors (Lipinski definition) is 3. The van der Waals surface area contributed by atoms with Gasteiger partial charge in [0.25, 0.3) is 0 Å². The molecule has 2 aromatic rings. The van der Waals surface area contributed by atoms with Gasteiger partial charge in [-0.05, 0) is 44.4 Å². The van der Waals surface area contributed by atoms with E-state index in [2.05, 4.69) is 12.2 Å². The Morgan fingerprint density at radius 2 is 2.33 bits per heavy atom. The van der Waals surface area contributed by atoms with Gasteiger partial charge in [0, 0.05) is 10.4 Å². The molecule has 2 nitrogen and oxygen atoms in total. The second-order valence-electron chi connectivity index (χ2n) is 5.36. The molecule has 1 heterocycles. The van der Waals surface area contributed by atoms with Crippen molar-refractivity contribution in [2.24, 2.45) is 0 Å². The van der Waals surface area contributed by atoms with Crippen LogP contribution in [0.4, 0.5) is 4.39 Å². The highest BCUT2D eigenvalue weighted by Crippen LogP contribution is 2.37. The molecule has 1 aliphatic carbocycles. The van der Waals surface area contributed by atoms with Crippen molar-refractivity contribution in [3.05, 3.63) is 39.6 Å². The molecular weight excluding hydrogens is 307 g/mol. The van der Waals surface area contributed by atoms with E-state index in [0.717, 1.165) is 42.1 Å². The minimum absolute atomic E-state index is 0.155. The van der Waals surface area contributed by atoms with Gasteiger partial charge in [0.2, 0.25) is 0 Å². The minimum atomic E-state index is -0.386. The van der Waals surface area contributed by atoms with Crippen molar-refractivity contribution >= 4 is 22.9 Å². The number of rotatable bonds is 4. The molecule has 0 bridgehead atoms. The summed E-state index contributed by atoms with van der Waals surface area (Å²) in [4.78, 5) is 6.11. The number of halogens is 2. The predicted molar refractivity (Wildman–Crippen MR) is 86.5 cm³/mol. The second-order valence-corrected chi connectivity index (χ2v) is 6.85. The zero-order chi connectivity index (χ0) is 14.8. The Kier molecular flexibility index (Phi) is 4.57. The molecule has 1 aromatic carbocycles. The Hall–Kier alpha value is -0.970. The fourth-order valence-electron chi connectivity index (χ4n) is 2.69. The summed E-state index contributed by atoms with van der Waals surface area (Å²) in [6, 6.07) is 5.25. The lowest BCUT2D eigenvalue weighted by Crippen LogP contribution is -2.25. The summed E-state index contributed by atoms with van der Waals surface area (Å²) in [5, 5.41) is 4.61. The number of hydrogen-bond donors (Lipinski definition) is 1. The van der Waals surface area contributed by atoms with Crippen LogP contribution in [0.3, 0.4) is 0 Å². The first-order valence-electron chi connectivity index (χ1n) is 7.37. The third-order valence-corrected chi connectivity index (χ3v) is 5.25. The highest BCUT2D eigenvalue weighted by Gasteiger charge is 2.24. The fourth-order valence-corrected chi connectivity index (χ4v) is 3.97. The summed E-state index contributed by atoms with van der Waals surface area (Å²) in [5.74, 6) is -0.386. The molecule has 0 saturated carbocycles. The molecule has 1 atom stereocenters. The predicted octanol–water partition coefficient (Wildman–Crippen LogP) is 4.98. The van der Waals surface area contributed by atoms with Gasteiger partial charge in [-0.2, -0.15) is 0 Å². The average molecular weight is 325 g/mol. The quantitative estimate of drug-likeness (QED) is 0.858. The van der Waals surface area contributed by atoms with Gasteiger partial charge in [0.05, 0.1) is 16.8 Å². The van der Waals surface area contributed by atoms with Gasteiger partial charge in [-0.3, -0.25) is 0 Å². The van der Waals surface area contributed by atoms with Gasteiger partial charge in [-0.25, -0.2) is 9.37 Å². The van der Waals surface area contributed by atoms with E-state index >= 15 is 0 Å². The Balaban J connectivity index is 1.91. The SMILES string of the molecule is CCCNC1CCCc2sc(-c3ccc(Cl)c(F)c3)nc21. The van der Waals surface area contributed by atoms with Crippen molar-refractivity contribution < 1.29 is 4.39 Å². The zero-order valence-corrected chi connectivity index (χ0v) is 13.5. The maximum Gasteiger partial charge on any atom is 0.142 e. The maximum atomic E-state index is 13.6. The van der Waals surface area contributed by atoms with E-state index in [1.807, 2.05) is 6.07 Å². The first kappa shape index (κ1) is 14.9. The summed E-state index contributed by atoms with van der Waals surface area (Å²) in [5.41, 5.74) is 1.97. The number of benzene rings is 1. The van der Waals surface area contributed by atoms with Crippen LogP contribution in [0.15, 0.2) is 18.2 Å². The van der Waals surface area contributed by atoms with Gasteiger partial charge in [-0.15, -0.1) is 11.3 Å². The topological polar surface area (TPSA) is 24.9 Å². The number of nitrogens with one attached hydrogen (secondary N) is 1. The molecule has 1 unspecified atom stereocenters. The number of nitrogens with zero attached hydrogens (tertiary/aromatic N) is 1. The molecule has 3 rings (SSSR count). The van der Waals surface area contributed by atoms with Gasteiger partial charge < -0.3 is 5.32 Å². The first-order chi connectivity index (χ1) is 10.2. The molecule has 0 spiro atoms. The monoisotopic (exact) mass is 324 g/mol. The standard InChI is InChI=1S/C16H18ClFN2S/c1-2-8-19-13-4-3-5-14-15(13)20-16(21-14)10-6-7-11(17)12(18)9-10/h6-7,9,13,19H,2-5,8H2,1H3. The third kappa shape index (κ3) is 3.12. The Morgan fingerprint density at radius 3 is 3.10 bits per heavy atom. The lowest BCUT2D eigenvalue weighted by molar-refractivity contribution is 0.454. The van der Waals surface area contributed by atoms with E-state index in [-0.39, 0.29) is 10.8 Å². The van der Waals surface area contributed by atoms with Gasteiger partial charge in [0.15, 0.2) is 0 Å². The zero-order valence-electron chi connectivity index (χ0n) is 12.0. The van der Waals surface area contributed by atoms with Crippen molar-refractivity contribution in [3.8, 4) is 10.6 Å². The van der Waals surface area contributed by atoms with Crippen molar-refractivity contribution in [2.45, 2.75) is 38.6 Å². The van der Waals surface area contributed by atoms with Crippen LogP contribution in [-0.4, -0.2) is 11.5 Å². The van der Waals surface area contributed by atoms with Crippen LogP contribution in [0.2, 0.25) is 5.02 Å². The van der Waals surface area contributed by atoms with Crippen LogP contribution in [0.25, 0.3) is 10.6 Å². The molecule has 0 fully saturated rings. The summed E-state index contributed by atoms with van der Waals surface area (Å²) < 4.78 is 13.6. The molecular formula is C16H18ClFN2S. The van der Waals surface area contributed by atoms with Crippen LogP contribution >= 0.6 is 22.9 Å². The Bertz CT molecular complexity index is 641.